The number of hydrogen-bond acceptors (Lipinski definition) is 4. The highest BCUT2D eigenvalue weighted by Gasteiger charge is 2.49. The minimum atomic E-state index is -0.345. The van der Waals surface area contributed by atoms with Crippen molar-refractivity contribution in [3.63, 3.8) is 0 Å². The van der Waals surface area contributed by atoms with Crippen LogP contribution in [-0.2, 0) is 14.3 Å². The molecule has 0 aromatic carbocycles. The largest absolute Gasteiger partial charge is 0.356 e. The van der Waals surface area contributed by atoms with E-state index in [0.717, 1.165) is 51.6 Å². The summed E-state index contributed by atoms with van der Waals surface area (Å²) in [7, 11) is 2.16. The Labute approximate surface area is 133 Å². The van der Waals surface area contributed by atoms with Gasteiger partial charge in [-0.05, 0) is 32.2 Å². The summed E-state index contributed by atoms with van der Waals surface area (Å²) < 4.78 is 11.8. The second-order valence-electron chi connectivity index (χ2n) is 7.19. The van der Waals surface area contributed by atoms with Gasteiger partial charge in [0.05, 0.1) is 19.1 Å². The second kappa shape index (κ2) is 6.85. The number of nitrogens with one attached hydrogen (secondary N) is 1. The van der Waals surface area contributed by atoms with Crippen LogP contribution in [0.3, 0.4) is 0 Å². The Morgan fingerprint density at radius 2 is 2.14 bits per heavy atom. The van der Waals surface area contributed by atoms with E-state index in [9.17, 15) is 4.79 Å². The van der Waals surface area contributed by atoms with Gasteiger partial charge in [-0.2, -0.15) is 0 Å². The molecule has 2 aliphatic heterocycles. The first kappa shape index (κ1) is 16.2. The summed E-state index contributed by atoms with van der Waals surface area (Å²) in [5.74, 6) is 0.501. The van der Waals surface area contributed by atoms with Crippen molar-refractivity contribution in [3.05, 3.63) is 0 Å². The zero-order valence-corrected chi connectivity index (χ0v) is 14.0. The summed E-state index contributed by atoms with van der Waals surface area (Å²) in [6, 6.07) is 0.582. The molecule has 3 rings (SSSR count). The molecule has 0 bridgehead atoms. The van der Waals surface area contributed by atoms with Gasteiger partial charge in [-0.3, -0.25) is 4.79 Å². The van der Waals surface area contributed by atoms with Gasteiger partial charge < -0.3 is 19.7 Å². The Kier molecular flexibility index (Phi) is 5.05. The lowest BCUT2D eigenvalue weighted by molar-refractivity contribution is -0.202. The fraction of sp³-hybridized carbons (Fsp3) is 0.941. The molecule has 5 nitrogen and oxygen atoms in total. The molecule has 0 aromatic heterocycles. The lowest BCUT2D eigenvalue weighted by Crippen LogP contribution is -2.55. The van der Waals surface area contributed by atoms with Crippen LogP contribution in [0, 0.1) is 11.8 Å². The Morgan fingerprint density at radius 1 is 1.36 bits per heavy atom. The van der Waals surface area contributed by atoms with E-state index >= 15 is 0 Å². The second-order valence-corrected chi connectivity index (χ2v) is 7.19. The number of hydrogen-bond donors (Lipinski definition) is 1. The van der Waals surface area contributed by atoms with Gasteiger partial charge in [0.1, 0.15) is 0 Å². The molecule has 1 saturated carbocycles. The average Bonchev–Trinajstić information content (AvgIpc) is 2.94. The first-order valence-electron chi connectivity index (χ1n) is 8.89. The number of carbonyl (C=O) groups excluding carboxylic acids is 1. The number of nitrogens with zero attached hydrogens (tertiary/aromatic N) is 1. The predicted octanol–water partition coefficient (Wildman–Crippen LogP) is 1.77. The van der Waals surface area contributed by atoms with E-state index in [4.69, 9.17) is 9.47 Å². The Morgan fingerprint density at radius 3 is 2.86 bits per heavy atom. The summed E-state index contributed by atoms with van der Waals surface area (Å²) in [4.78, 5) is 14.8. The molecule has 1 aliphatic carbocycles. The molecule has 0 aromatic rings. The van der Waals surface area contributed by atoms with E-state index in [-0.39, 0.29) is 17.6 Å². The summed E-state index contributed by atoms with van der Waals surface area (Å²) in [6.45, 7) is 5.27. The van der Waals surface area contributed by atoms with Gasteiger partial charge in [-0.1, -0.05) is 13.3 Å². The number of ether oxygens (including phenoxy) is 2. The van der Waals surface area contributed by atoms with Gasteiger partial charge in [-0.25, -0.2) is 0 Å². The van der Waals surface area contributed by atoms with E-state index in [0.29, 0.717) is 25.2 Å². The smallest absolute Gasteiger partial charge is 0.224 e. The monoisotopic (exact) mass is 310 g/mol. The minimum absolute atomic E-state index is 0.111. The molecule has 3 atom stereocenters. The number of fused-ring (bicyclic) bond motifs is 1. The third-order valence-electron chi connectivity index (χ3n) is 5.61. The fourth-order valence-corrected chi connectivity index (χ4v) is 4.47. The van der Waals surface area contributed by atoms with E-state index in [1.165, 1.54) is 0 Å². The highest BCUT2D eigenvalue weighted by Crippen LogP contribution is 2.44. The number of likely N-dealkylation sites (tertiary alicyclic amines) is 1. The van der Waals surface area contributed by atoms with Crippen molar-refractivity contribution in [2.45, 2.75) is 57.3 Å². The van der Waals surface area contributed by atoms with Gasteiger partial charge in [-0.15, -0.1) is 0 Å². The van der Waals surface area contributed by atoms with Gasteiger partial charge in [0.15, 0.2) is 5.79 Å². The van der Waals surface area contributed by atoms with Gasteiger partial charge in [0.25, 0.3) is 0 Å². The van der Waals surface area contributed by atoms with E-state index in [1.54, 1.807) is 0 Å². The molecule has 2 heterocycles. The standard InChI is InChI=1S/C17H30N2O3/c1-3-4-7-18-16(20)14-10-13-11-17(21-8-9-22-17)6-5-15(13)19(2)12-14/h13-15H,3-12H2,1-2H3,(H,18,20)/t13-,14-,15-/m1/s1. The normalized spacial score (nSPS) is 34.5. The summed E-state index contributed by atoms with van der Waals surface area (Å²) in [6.07, 6.45) is 6.21. The molecule has 2 saturated heterocycles. The zero-order chi connectivity index (χ0) is 15.6. The lowest BCUT2D eigenvalue weighted by Gasteiger charge is -2.49. The highest BCUT2D eigenvalue weighted by molar-refractivity contribution is 5.79. The first-order chi connectivity index (χ1) is 10.6. The van der Waals surface area contributed by atoms with E-state index in [2.05, 4.69) is 24.2 Å². The maximum absolute atomic E-state index is 12.4. The molecule has 126 valence electrons. The first-order valence-corrected chi connectivity index (χ1v) is 8.89. The van der Waals surface area contributed by atoms with Crippen LogP contribution in [0.2, 0.25) is 0 Å². The SMILES string of the molecule is CCCCNC(=O)[C@@H]1C[C@@H]2CC3(CC[C@H]2N(C)C1)OCCO3. The third kappa shape index (κ3) is 3.31. The van der Waals surface area contributed by atoms with Crippen molar-refractivity contribution in [1.29, 1.82) is 0 Å². The highest BCUT2D eigenvalue weighted by atomic mass is 16.7. The molecule has 1 spiro atoms. The van der Waals surface area contributed by atoms with Crippen molar-refractivity contribution < 1.29 is 14.3 Å². The van der Waals surface area contributed by atoms with Gasteiger partial charge >= 0.3 is 0 Å². The minimum Gasteiger partial charge on any atom is -0.356 e. The van der Waals surface area contributed by atoms with Crippen molar-refractivity contribution in [3.8, 4) is 0 Å². The van der Waals surface area contributed by atoms with Gasteiger partial charge in [0.2, 0.25) is 5.91 Å². The number of carbonyl (C=O) groups is 1. The maximum Gasteiger partial charge on any atom is 0.224 e. The van der Waals surface area contributed by atoms with E-state index < -0.39 is 0 Å². The molecular weight excluding hydrogens is 280 g/mol. The quantitative estimate of drug-likeness (QED) is 0.804. The topological polar surface area (TPSA) is 50.8 Å². The summed E-state index contributed by atoms with van der Waals surface area (Å²) in [5.41, 5.74) is 0. The van der Waals surface area contributed by atoms with Crippen LogP contribution in [0.1, 0.15) is 45.4 Å². The van der Waals surface area contributed by atoms with Crippen LogP contribution >= 0.6 is 0 Å². The molecule has 1 amide bonds. The molecule has 1 N–H and O–H groups in total. The number of piperidine rings is 1. The van der Waals surface area contributed by atoms with Crippen LogP contribution in [0.15, 0.2) is 0 Å². The Hall–Kier alpha value is -0.650. The zero-order valence-electron chi connectivity index (χ0n) is 14.0. The number of unbranched alkanes of at least 4 members (excludes halogenated alkanes) is 1. The molecule has 5 heteroatoms. The molecule has 0 radical (unpaired) electrons. The summed E-state index contributed by atoms with van der Waals surface area (Å²) in [5, 5.41) is 3.10. The van der Waals surface area contributed by atoms with Crippen LogP contribution in [0.25, 0.3) is 0 Å². The molecular formula is C17H30N2O3. The molecule has 0 unspecified atom stereocenters. The van der Waals surface area contributed by atoms with Crippen molar-refractivity contribution in [1.82, 2.24) is 10.2 Å². The van der Waals surface area contributed by atoms with Crippen molar-refractivity contribution >= 4 is 5.91 Å². The van der Waals surface area contributed by atoms with Crippen LogP contribution in [0.4, 0.5) is 0 Å². The fourth-order valence-electron chi connectivity index (χ4n) is 4.47. The number of amides is 1. The number of rotatable bonds is 4. The Bertz CT molecular complexity index is 395. The summed E-state index contributed by atoms with van der Waals surface area (Å²) >= 11 is 0. The third-order valence-corrected chi connectivity index (χ3v) is 5.61. The van der Waals surface area contributed by atoms with E-state index in [1.807, 2.05) is 0 Å². The maximum atomic E-state index is 12.4. The van der Waals surface area contributed by atoms with Crippen LogP contribution in [-0.4, -0.2) is 56.0 Å². The lowest BCUT2D eigenvalue weighted by atomic mass is 9.72. The molecule has 3 fully saturated rings. The average molecular weight is 310 g/mol. The van der Waals surface area contributed by atoms with Crippen LogP contribution < -0.4 is 5.32 Å². The molecule has 3 aliphatic rings. The van der Waals surface area contributed by atoms with Crippen molar-refractivity contribution in [2.24, 2.45) is 11.8 Å². The van der Waals surface area contributed by atoms with Crippen LogP contribution in [0.5, 0.6) is 0 Å². The molecule has 22 heavy (non-hydrogen) atoms. The van der Waals surface area contributed by atoms with Gasteiger partial charge in [0, 0.05) is 32.0 Å². The predicted molar refractivity (Wildman–Crippen MR) is 84.4 cm³/mol. The Balaban J connectivity index is 1.60. The van der Waals surface area contributed by atoms with Crippen molar-refractivity contribution in [2.75, 3.05) is 33.4 Å².